The van der Waals surface area contributed by atoms with Gasteiger partial charge in [0.15, 0.2) is 0 Å². The van der Waals surface area contributed by atoms with E-state index in [-0.39, 0.29) is 12.6 Å². The van der Waals surface area contributed by atoms with Crippen molar-refractivity contribution in [3.05, 3.63) is 28.2 Å². The highest BCUT2D eigenvalue weighted by Gasteiger charge is 2.15. The van der Waals surface area contributed by atoms with Crippen molar-refractivity contribution >= 4 is 15.9 Å². The monoisotopic (exact) mass is 303 g/mol. The molecule has 0 saturated heterocycles. The first-order valence-corrected chi connectivity index (χ1v) is 6.18. The van der Waals surface area contributed by atoms with E-state index in [1.807, 2.05) is 18.2 Å². The van der Waals surface area contributed by atoms with Crippen LogP contribution in [0.25, 0.3) is 0 Å². The molecule has 96 valence electrons. The molecule has 0 fully saturated rings. The van der Waals surface area contributed by atoms with Gasteiger partial charge in [0, 0.05) is 23.7 Å². The Bertz CT molecular complexity index is 347. The van der Waals surface area contributed by atoms with E-state index in [4.69, 9.17) is 9.47 Å². The largest absolute Gasteiger partial charge is 0.496 e. The summed E-state index contributed by atoms with van der Waals surface area (Å²) in [6.07, 6.45) is 0. The number of halogens is 1. The molecule has 0 aliphatic rings. The molecule has 0 spiro atoms. The lowest BCUT2D eigenvalue weighted by molar-refractivity contribution is 0.183. The Morgan fingerprint density at radius 3 is 2.76 bits per heavy atom. The van der Waals surface area contributed by atoms with Crippen molar-refractivity contribution in [2.75, 3.05) is 34.0 Å². The number of rotatable bonds is 7. The Labute approximate surface area is 110 Å². The third kappa shape index (κ3) is 4.27. The van der Waals surface area contributed by atoms with Crippen LogP contribution in [0, 0.1) is 0 Å². The Balaban J connectivity index is 2.82. The summed E-state index contributed by atoms with van der Waals surface area (Å²) in [6.45, 7) is 1.29. The van der Waals surface area contributed by atoms with Crippen LogP contribution in [0.3, 0.4) is 0 Å². The first kappa shape index (κ1) is 14.4. The van der Waals surface area contributed by atoms with Crippen LogP contribution < -0.4 is 10.1 Å². The van der Waals surface area contributed by atoms with E-state index in [1.54, 1.807) is 14.2 Å². The van der Waals surface area contributed by atoms with Gasteiger partial charge in [-0.15, -0.1) is 0 Å². The molecule has 5 heteroatoms. The Kier molecular flexibility index (Phi) is 6.50. The van der Waals surface area contributed by atoms with E-state index in [0.717, 1.165) is 15.8 Å². The van der Waals surface area contributed by atoms with Gasteiger partial charge in [0.2, 0.25) is 0 Å². The van der Waals surface area contributed by atoms with Gasteiger partial charge in [-0.2, -0.15) is 0 Å². The molecular formula is C12H18BrNO3. The lowest BCUT2D eigenvalue weighted by atomic mass is 10.1. The predicted octanol–water partition coefficient (Wildman–Crippen LogP) is 1.73. The average Bonchev–Trinajstić information content (AvgIpc) is 2.35. The van der Waals surface area contributed by atoms with Crippen molar-refractivity contribution in [1.82, 2.24) is 5.32 Å². The third-order valence-electron chi connectivity index (χ3n) is 2.45. The van der Waals surface area contributed by atoms with Gasteiger partial charge in [-0.25, -0.2) is 0 Å². The normalized spacial score (nSPS) is 12.5. The van der Waals surface area contributed by atoms with Crippen LogP contribution in [0.15, 0.2) is 22.7 Å². The summed E-state index contributed by atoms with van der Waals surface area (Å²) >= 11 is 3.42. The first-order chi connectivity index (χ1) is 8.22. The minimum absolute atomic E-state index is 0.0104. The van der Waals surface area contributed by atoms with Gasteiger partial charge >= 0.3 is 0 Å². The summed E-state index contributed by atoms with van der Waals surface area (Å²) in [5.74, 6) is 0.761. The minimum Gasteiger partial charge on any atom is -0.496 e. The van der Waals surface area contributed by atoms with Crippen molar-refractivity contribution in [3.63, 3.8) is 0 Å². The standard InChI is InChI=1S/C12H18BrNO3/c1-16-6-5-14-11(8-15)10-7-9(13)3-4-12(10)17-2/h3-4,7,11,14-15H,5-6,8H2,1-2H3. The van der Waals surface area contributed by atoms with E-state index >= 15 is 0 Å². The molecule has 0 saturated carbocycles. The van der Waals surface area contributed by atoms with Crippen LogP contribution in [-0.4, -0.2) is 39.1 Å². The summed E-state index contributed by atoms with van der Waals surface area (Å²) in [5, 5.41) is 12.6. The van der Waals surface area contributed by atoms with Crippen molar-refractivity contribution < 1.29 is 14.6 Å². The fraction of sp³-hybridized carbons (Fsp3) is 0.500. The smallest absolute Gasteiger partial charge is 0.123 e. The molecule has 0 heterocycles. The first-order valence-electron chi connectivity index (χ1n) is 5.39. The summed E-state index contributed by atoms with van der Waals surface area (Å²) < 4.78 is 11.2. The fourth-order valence-corrected chi connectivity index (χ4v) is 1.96. The Morgan fingerprint density at radius 1 is 1.41 bits per heavy atom. The summed E-state index contributed by atoms with van der Waals surface area (Å²) in [6, 6.07) is 5.57. The highest BCUT2D eigenvalue weighted by Crippen LogP contribution is 2.28. The lowest BCUT2D eigenvalue weighted by Gasteiger charge is -2.19. The predicted molar refractivity (Wildman–Crippen MR) is 70.4 cm³/mol. The number of aliphatic hydroxyl groups is 1. The highest BCUT2D eigenvalue weighted by molar-refractivity contribution is 9.10. The number of nitrogens with one attached hydrogen (secondary N) is 1. The second kappa shape index (κ2) is 7.66. The second-order valence-corrected chi connectivity index (χ2v) is 4.48. The van der Waals surface area contributed by atoms with E-state index in [9.17, 15) is 5.11 Å². The molecule has 2 N–H and O–H groups in total. The van der Waals surface area contributed by atoms with E-state index in [2.05, 4.69) is 21.2 Å². The average molecular weight is 304 g/mol. The van der Waals surface area contributed by atoms with E-state index in [1.165, 1.54) is 0 Å². The van der Waals surface area contributed by atoms with Gasteiger partial charge < -0.3 is 19.9 Å². The van der Waals surface area contributed by atoms with Crippen molar-refractivity contribution in [3.8, 4) is 5.75 Å². The molecule has 17 heavy (non-hydrogen) atoms. The number of methoxy groups -OCH3 is 2. The van der Waals surface area contributed by atoms with Gasteiger partial charge in [0.1, 0.15) is 5.75 Å². The van der Waals surface area contributed by atoms with E-state index < -0.39 is 0 Å². The molecule has 0 aromatic heterocycles. The molecule has 4 nitrogen and oxygen atoms in total. The topological polar surface area (TPSA) is 50.7 Å². The SMILES string of the molecule is COCCNC(CO)c1cc(Br)ccc1OC. The third-order valence-corrected chi connectivity index (χ3v) is 2.94. The van der Waals surface area contributed by atoms with Crippen molar-refractivity contribution in [2.45, 2.75) is 6.04 Å². The van der Waals surface area contributed by atoms with Gasteiger partial charge in [0.05, 0.1) is 26.4 Å². The lowest BCUT2D eigenvalue weighted by Crippen LogP contribution is -2.28. The fourth-order valence-electron chi connectivity index (χ4n) is 1.59. The molecular weight excluding hydrogens is 286 g/mol. The van der Waals surface area contributed by atoms with Crippen LogP contribution in [0.5, 0.6) is 5.75 Å². The minimum atomic E-state index is -0.155. The maximum absolute atomic E-state index is 9.42. The van der Waals surface area contributed by atoms with Crippen LogP contribution >= 0.6 is 15.9 Å². The molecule has 0 radical (unpaired) electrons. The second-order valence-electron chi connectivity index (χ2n) is 3.57. The molecule has 1 rings (SSSR count). The molecule has 1 unspecified atom stereocenters. The highest BCUT2D eigenvalue weighted by atomic mass is 79.9. The quantitative estimate of drug-likeness (QED) is 0.753. The summed E-state index contributed by atoms with van der Waals surface area (Å²) in [7, 11) is 3.27. The van der Waals surface area contributed by atoms with Crippen LogP contribution in [0.4, 0.5) is 0 Å². The zero-order chi connectivity index (χ0) is 12.7. The van der Waals surface area contributed by atoms with Crippen molar-refractivity contribution in [2.24, 2.45) is 0 Å². The Morgan fingerprint density at radius 2 is 2.18 bits per heavy atom. The summed E-state index contributed by atoms with van der Waals surface area (Å²) in [5.41, 5.74) is 0.931. The molecule has 1 atom stereocenters. The van der Waals surface area contributed by atoms with Gasteiger partial charge in [-0.3, -0.25) is 0 Å². The van der Waals surface area contributed by atoms with Gasteiger partial charge in [-0.1, -0.05) is 15.9 Å². The molecule has 1 aromatic carbocycles. The number of benzene rings is 1. The number of hydrogen-bond acceptors (Lipinski definition) is 4. The van der Waals surface area contributed by atoms with Crippen LogP contribution in [-0.2, 0) is 4.74 Å². The number of hydrogen-bond donors (Lipinski definition) is 2. The van der Waals surface area contributed by atoms with Gasteiger partial charge in [0.25, 0.3) is 0 Å². The van der Waals surface area contributed by atoms with Gasteiger partial charge in [-0.05, 0) is 18.2 Å². The summed E-state index contributed by atoms with van der Waals surface area (Å²) in [4.78, 5) is 0. The maximum Gasteiger partial charge on any atom is 0.123 e. The zero-order valence-electron chi connectivity index (χ0n) is 10.1. The Hall–Kier alpha value is -0.620. The van der Waals surface area contributed by atoms with E-state index in [0.29, 0.717) is 13.2 Å². The molecule has 0 aliphatic carbocycles. The molecule has 1 aromatic rings. The van der Waals surface area contributed by atoms with Crippen molar-refractivity contribution in [1.29, 1.82) is 0 Å². The number of aliphatic hydroxyl groups excluding tert-OH is 1. The van der Waals surface area contributed by atoms with Crippen LogP contribution in [0.1, 0.15) is 11.6 Å². The maximum atomic E-state index is 9.42. The molecule has 0 aliphatic heterocycles. The zero-order valence-corrected chi connectivity index (χ0v) is 11.7. The van der Waals surface area contributed by atoms with Crippen LogP contribution in [0.2, 0.25) is 0 Å². The number of ether oxygens (including phenoxy) is 2. The molecule has 0 amide bonds. The molecule has 0 bridgehead atoms.